The fourth-order valence-electron chi connectivity index (χ4n) is 0.941. The van der Waals surface area contributed by atoms with E-state index in [-0.39, 0.29) is 5.91 Å². The maximum Gasteiger partial charge on any atom is 0.297 e. The second-order valence-corrected chi connectivity index (χ2v) is 3.01. The molecular formula is C10H9BrN2O2. The van der Waals surface area contributed by atoms with Crippen LogP contribution >= 0.6 is 15.9 Å². The zero-order chi connectivity index (χ0) is 11.1. The van der Waals surface area contributed by atoms with Crippen LogP contribution in [0, 0.1) is 10.8 Å². The van der Waals surface area contributed by atoms with E-state index in [0.717, 1.165) is 5.56 Å². The molecule has 1 aromatic heterocycles. The van der Waals surface area contributed by atoms with Crippen molar-refractivity contribution in [3.05, 3.63) is 23.9 Å². The van der Waals surface area contributed by atoms with Gasteiger partial charge in [-0.1, -0.05) is 0 Å². The van der Waals surface area contributed by atoms with E-state index in [1.165, 1.54) is 0 Å². The Balaban J connectivity index is 2.56. The highest BCUT2D eigenvalue weighted by Crippen LogP contribution is 2.07. The number of hydrogen-bond donors (Lipinski definition) is 1. The minimum Gasteiger partial charge on any atom is -0.481 e. The fourth-order valence-corrected chi connectivity index (χ4v) is 1.12. The van der Waals surface area contributed by atoms with Crippen LogP contribution in [0.3, 0.4) is 0 Å². The van der Waals surface area contributed by atoms with Gasteiger partial charge in [-0.05, 0) is 16.5 Å². The van der Waals surface area contributed by atoms with Gasteiger partial charge in [-0.25, -0.2) is 4.98 Å². The average molecular weight is 269 g/mol. The molecule has 0 aliphatic heterocycles. The Bertz CT molecular complexity index is 409. The molecule has 1 N–H and O–H groups in total. The Labute approximate surface area is 96.2 Å². The van der Waals surface area contributed by atoms with E-state index in [0.29, 0.717) is 12.4 Å². The molecule has 0 aliphatic rings. The number of aromatic nitrogens is 1. The van der Waals surface area contributed by atoms with Crippen LogP contribution in [0.2, 0.25) is 0 Å². The van der Waals surface area contributed by atoms with E-state index < -0.39 is 0 Å². The van der Waals surface area contributed by atoms with Crippen LogP contribution in [-0.2, 0) is 11.3 Å². The predicted octanol–water partition coefficient (Wildman–Crippen LogP) is 1.06. The Morgan fingerprint density at radius 3 is 3.20 bits per heavy atom. The summed E-state index contributed by atoms with van der Waals surface area (Å²) in [7, 11) is 1.54. The number of nitrogens with zero attached hydrogens (tertiary/aromatic N) is 1. The summed E-state index contributed by atoms with van der Waals surface area (Å²) < 4.78 is 4.95. The number of methoxy groups -OCH3 is 1. The number of carbonyl (C=O) groups excluding carboxylic acids is 1. The van der Waals surface area contributed by atoms with Gasteiger partial charge in [-0.15, -0.1) is 0 Å². The van der Waals surface area contributed by atoms with Crippen LogP contribution in [0.25, 0.3) is 0 Å². The summed E-state index contributed by atoms with van der Waals surface area (Å²) in [6.07, 6.45) is 1.62. The van der Waals surface area contributed by atoms with Crippen LogP contribution in [0.15, 0.2) is 18.3 Å². The predicted molar refractivity (Wildman–Crippen MR) is 59.3 cm³/mol. The van der Waals surface area contributed by atoms with Crippen molar-refractivity contribution in [2.75, 3.05) is 7.11 Å². The lowest BCUT2D eigenvalue weighted by Gasteiger charge is -2.03. The summed E-state index contributed by atoms with van der Waals surface area (Å²) in [5.74, 6) is 2.50. The van der Waals surface area contributed by atoms with Gasteiger partial charge in [0.25, 0.3) is 5.91 Å². The van der Waals surface area contributed by atoms with Gasteiger partial charge in [0.1, 0.15) is 0 Å². The number of rotatable bonds is 3. The molecule has 4 nitrogen and oxygen atoms in total. The van der Waals surface area contributed by atoms with E-state index in [9.17, 15) is 4.79 Å². The van der Waals surface area contributed by atoms with Gasteiger partial charge >= 0.3 is 0 Å². The maximum atomic E-state index is 11.0. The summed E-state index contributed by atoms with van der Waals surface area (Å²) in [6, 6.07) is 3.55. The van der Waals surface area contributed by atoms with Crippen LogP contribution in [0.5, 0.6) is 5.88 Å². The number of ether oxygens (including phenoxy) is 1. The van der Waals surface area contributed by atoms with Crippen LogP contribution in [0.1, 0.15) is 5.56 Å². The van der Waals surface area contributed by atoms with Crippen LogP contribution in [-0.4, -0.2) is 18.0 Å². The Morgan fingerprint density at radius 2 is 2.53 bits per heavy atom. The van der Waals surface area contributed by atoms with Crippen LogP contribution in [0.4, 0.5) is 0 Å². The molecule has 0 unspecified atom stereocenters. The summed E-state index contributed by atoms with van der Waals surface area (Å²) in [6.45, 7) is 0.402. The molecule has 1 amide bonds. The summed E-state index contributed by atoms with van der Waals surface area (Å²) in [5.41, 5.74) is 0.909. The third-order valence-corrected chi connectivity index (χ3v) is 1.82. The standard InChI is InChI=1S/C10H9BrN2O2/c1-15-10-6-8(3-5-12-10)7-13-9(14)2-4-11/h3,5-6H,7H2,1H3,(H,13,14). The average Bonchev–Trinajstić information content (AvgIpc) is 2.27. The second-order valence-electron chi connectivity index (χ2n) is 2.61. The minimum atomic E-state index is -0.331. The first kappa shape index (κ1) is 11.5. The highest BCUT2D eigenvalue weighted by molar-refractivity contribution is 9.12. The van der Waals surface area contributed by atoms with E-state index in [1.807, 2.05) is 0 Å². The minimum absolute atomic E-state index is 0.331. The summed E-state index contributed by atoms with van der Waals surface area (Å²) >= 11 is 2.85. The van der Waals surface area contributed by atoms with Gasteiger partial charge in [0.15, 0.2) is 0 Å². The molecule has 0 aromatic carbocycles. The number of carbonyl (C=O) groups is 1. The molecule has 0 bridgehead atoms. The van der Waals surface area contributed by atoms with Crippen molar-refractivity contribution in [3.63, 3.8) is 0 Å². The van der Waals surface area contributed by atoms with E-state index in [2.05, 4.69) is 37.0 Å². The van der Waals surface area contributed by atoms with Gasteiger partial charge < -0.3 is 10.1 Å². The number of nitrogens with one attached hydrogen (secondary N) is 1. The first-order chi connectivity index (χ1) is 7.26. The first-order valence-corrected chi connectivity index (χ1v) is 4.94. The maximum absolute atomic E-state index is 11.0. The van der Waals surface area contributed by atoms with Gasteiger partial charge in [-0.3, -0.25) is 4.79 Å². The third-order valence-electron chi connectivity index (χ3n) is 1.62. The monoisotopic (exact) mass is 268 g/mol. The first-order valence-electron chi connectivity index (χ1n) is 4.14. The number of amides is 1. The molecule has 5 heteroatoms. The van der Waals surface area contributed by atoms with Crippen molar-refractivity contribution in [2.45, 2.75) is 6.54 Å². The topological polar surface area (TPSA) is 51.2 Å². The molecular weight excluding hydrogens is 260 g/mol. The van der Waals surface area contributed by atoms with Gasteiger partial charge in [-0.2, -0.15) is 0 Å². The van der Waals surface area contributed by atoms with Crippen molar-refractivity contribution in [1.29, 1.82) is 0 Å². The number of hydrogen-bond acceptors (Lipinski definition) is 3. The summed E-state index contributed by atoms with van der Waals surface area (Å²) in [5, 5.41) is 2.63. The molecule has 1 heterocycles. The van der Waals surface area contributed by atoms with Gasteiger partial charge in [0.05, 0.1) is 7.11 Å². The number of pyridine rings is 1. The molecule has 0 saturated carbocycles. The molecule has 1 rings (SSSR count). The quantitative estimate of drug-likeness (QED) is 0.835. The lowest BCUT2D eigenvalue weighted by Crippen LogP contribution is -2.20. The Morgan fingerprint density at radius 1 is 1.73 bits per heavy atom. The lowest BCUT2D eigenvalue weighted by molar-refractivity contribution is -0.115. The molecule has 0 aliphatic carbocycles. The highest BCUT2D eigenvalue weighted by atomic mass is 79.9. The van der Waals surface area contributed by atoms with E-state index >= 15 is 0 Å². The van der Waals surface area contributed by atoms with Crippen molar-refractivity contribution in [2.24, 2.45) is 0 Å². The zero-order valence-electron chi connectivity index (χ0n) is 8.08. The van der Waals surface area contributed by atoms with Gasteiger partial charge in [0, 0.05) is 40.7 Å². The molecule has 0 saturated heterocycles. The molecule has 0 fully saturated rings. The van der Waals surface area contributed by atoms with E-state index in [1.54, 1.807) is 25.4 Å². The lowest BCUT2D eigenvalue weighted by atomic mass is 10.2. The fraction of sp³-hybridized carbons (Fsp3) is 0.200. The van der Waals surface area contributed by atoms with Crippen molar-refractivity contribution in [3.8, 4) is 16.6 Å². The van der Waals surface area contributed by atoms with Crippen molar-refractivity contribution in [1.82, 2.24) is 10.3 Å². The molecule has 0 atom stereocenters. The van der Waals surface area contributed by atoms with E-state index in [4.69, 9.17) is 4.74 Å². The molecule has 0 radical (unpaired) electrons. The zero-order valence-corrected chi connectivity index (χ0v) is 9.67. The molecule has 15 heavy (non-hydrogen) atoms. The SMILES string of the molecule is COc1cc(CNC(=O)C#CBr)ccn1. The second kappa shape index (κ2) is 6.04. The highest BCUT2D eigenvalue weighted by Gasteiger charge is 1.98. The number of halogens is 1. The molecule has 78 valence electrons. The summed E-state index contributed by atoms with van der Waals surface area (Å²) in [4.78, 5) is 17.3. The third kappa shape index (κ3) is 4.00. The van der Waals surface area contributed by atoms with Crippen molar-refractivity contribution >= 4 is 21.8 Å². The molecule has 0 spiro atoms. The molecule has 1 aromatic rings. The smallest absolute Gasteiger partial charge is 0.297 e. The Kier molecular flexibility index (Phi) is 4.64. The van der Waals surface area contributed by atoms with Gasteiger partial charge in [0.2, 0.25) is 5.88 Å². The van der Waals surface area contributed by atoms with Crippen molar-refractivity contribution < 1.29 is 9.53 Å². The normalized spacial score (nSPS) is 8.67. The van der Waals surface area contributed by atoms with Crippen LogP contribution < -0.4 is 10.1 Å². The largest absolute Gasteiger partial charge is 0.481 e. The Hall–Kier alpha value is -1.54.